The van der Waals surface area contributed by atoms with Crippen LogP contribution >= 0.6 is 0 Å². The van der Waals surface area contributed by atoms with Gasteiger partial charge in [-0.05, 0) is 12.1 Å². The SMILES string of the molecule is O=S(=O)(/C=C/OCC1CO1)c1ccccc1. The molecule has 1 aromatic rings. The second kappa shape index (κ2) is 4.67. The minimum atomic E-state index is -3.38. The van der Waals surface area contributed by atoms with Crippen molar-refractivity contribution in [2.45, 2.75) is 11.0 Å². The standard InChI is InChI=1S/C11H12O4S/c12-16(13,11-4-2-1-3-5-11)7-6-14-8-10-9-15-10/h1-7,10H,8-9H2/b7-6+. The molecule has 0 saturated carbocycles. The molecule has 0 aromatic heterocycles. The van der Waals surface area contributed by atoms with Gasteiger partial charge in [0.15, 0.2) is 0 Å². The van der Waals surface area contributed by atoms with Gasteiger partial charge in [-0.25, -0.2) is 8.42 Å². The second-order valence-electron chi connectivity index (χ2n) is 3.42. The lowest BCUT2D eigenvalue weighted by atomic mass is 10.4. The molecular weight excluding hydrogens is 228 g/mol. The summed E-state index contributed by atoms with van der Waals surface area (Å²) < 4.78 is 33.3. The first-order valence-electron chi connectivity index (χ1n) is 4.88. The molecule has 16 heavy (non-hydrogen) atoms. The minimum absolute atomic E-state index is 0.129. The lowest BCUT2D eigenvalue weighted by molar-refractivity contribution is 0.213. The van der Waals surface area contributed by atoms with Crippen LogP contribution in [0.2, 0.25) is 0 Å². The molecule has 5 heteroatoms. The molecule has 1 aromatic carbocycles. The van der Waals surface area contributed by atoms with Crippen LogP contribution in [0.15, 0.2) is 46.9 Å². The highest BCUT2D eigenvalue weighted by Crippen LogP contribution is 2.12. The zero-order valence-corrected chi connectivity index (χ0v) is 9.39. The summed E-state index contributed by atoms with van der Waals surface area (Å²) in [7, 11) is -3.38. The Morgan fingerprint density at radius 1 is 1.38 bits per heavy atom. The number of ether oxygens (including phenoxy) is 2. The van der Waals surface area contributed by atoms with Gasteiger partial charge in [-0.1, -0.05) is 18.2 Å². The van der Waals surface area contributed by atoms with Gasteiger partial charge in [-0.2, -0.15) is 0 Å². The van der Waals surface area contributed by atoms with Gasteiger partial charge in [-0.3, -0.25) is 0 Å². The van der Waals surface area contributed by atoms with Crippen LogP contribution in [0.4, 0.5) is 0 Å². The molecule has 86 valence electrons. The summed E-state index contributed by atoms with van der Waals surface area (Å²) in [6, 6.07) is 8.22. The van der Waals surface area contributed by atoms with Gasteiger partial charge in [0, 0.05) is 0 Å². The van der Waals surface area contributed by atoms with Crippen molar-refractivity contribution in [3.63, 3.8) is 0 Å². The van der Waals surface area contributed by atoms with E-state index >= 15 is 0 Å². The zero-order valence-electron chi connectivity index (χ0n) is 8.57. The van der Waals surface area contributed by atoms with Crippen molar-refractivity contribution < 1.29 is 17.9 Å². The van der Waals surface area contributed by atoms with Crippen LogP contribution in [0.1, 0.15) is 0 Å². The van der Waals surface area contributed by atoms with E-state index in [2.05, 4.69) is 0 Å². The van der Waals surface area contributed by atoms with E-state index < -0.39 is 9.84 Å². The van der Waals surface area contributed by atoms with E-state index in [4.69, 9.17) is 9.47 Å². The van der Waals surface area contributed by atoms with Crippen LogP contribution < -0.4 is 0 Å². The molecule has 0 aliphatic carbocycles. The van der Waals surface area contributed by atoms with Crippen LogP contribution in [0.25, 0.3) is 0 Å². The van der Waals surface area contributed by atoms with Gasteiger partial charge in [-0.15, -0.1) is 0 Å². The highest BCUT2D eigenvalue weighted by Gasteiger charge is 2.22. The number of benzene rings is 1. The molecule has 1 heterocycles. The lowest BCUT2D eigenvalue weighted by Crippen LogP contribution is -1.98. The first-order valence-corrected chi connectivity index (χ1v) is 6.43. The molecular formula is C11H12O4S. The van der Waals surface area contributed by atoms with Crippen LogP contribution in [-0.4, -0.2) is 27.7 Å². The number of rotatable bonds is 5. The highest BCUT2D eigenvalue weighted by atomic mass is 32.2. The van der Waals surface area contributed by atoms with Crippen molar-refractivity contribution in [3.05, 3.63) is 42.0 Å². The van der Waals surface area contributed by atoms with Gasteiger partial charge >= 0.3 is 0 Å². The number of hydrogen-bond donors (Lipinski definition) is 0. The predicted molar refractivity (Wildman–Crippen MR) is 58.5 cm³/mol. The maximum Gasteiger partial charge on any atom is 0.202 e. The Morgan fingerprint density at radius 3 is 2.69 bits per heavy atom. The van der Waals surface area contributed by atoms with E-state index in [1.54, 1.807) is 30.3 Å². The zero-order chi connectivity index (χ0) is 11.4. The van der Waals surface area contributed by atoms with E-state index in [-0.39, 0.29) is 11.0 Å². The van der Waals surface area contributed by atoms with Gasteiger partial charge in [0.25, 0.3) is 0 Å². The fourth-order valence-corrected chi connectivity index (χ4v) is 2.05. The van der Waals surface area contributed by atoms with Crippen molar-refractivity contribution in [2.24, 2.45) is 0 Å². The summed E-state index contributed by atoms with van der Waals surface area (Å²) >= 11 is 0. The molecule has 0 radical (unpaired) electrons. The first-order chi connectivity index (χ1) is 7.68. The van der Waals surface area contributed by atoms with Crippen molar-refractivity contribution in [1.82, 2.24) is 0 Å². The normalized spacial score (nSPS) is 19.9. The van der Waals surface area contributed by atoms with Gasteiger partial charge in [0.2, 0.25) is 9.84 Å². The fraction of sp³-hybridized carbons (Fsp3) is 0.273. The lowest BCUT2D eigenvalue weighted by Gasteiger charge is -1.98. The Morgan fingerprint density at radius 2 is 2.06 bits per heavy atom. The molecule has 1 aliphatic rings. The predicted octanol–water partition coefficient (Wildman–Crippen LogP) is 1.35. The number of hydrogen-bond acceptors (Lipinski definition) is 4. The molecule has 1 saturated heterocycles. The molecule has 0 amide bonds. The first kappa shape index (κ1) is 11.2. The van der Waals surface area contributed by atoms with Crippen LogP contribution in [0, 0.1) is 0 Å². The smallest absolute Gasteiger partial charge is 0.202 e. The average Bonchev–Trinajstić information content (AvgIpc) is 3.10. The molecule has 4 nitrogen and oxygen atoms in total. The summed E-state index contributed by atoms with van der Waals surface area (Å²) in [4.78, 5) is 0.262. The topological polar surface area (TPSA) is 55.9 Å². The van der Waals surface area contributed by atoms with Crippen LogP contribution in [0.3, 0.4) is 0 Å². The third-order valence-corrected chi connectivity index (χ3v) is 3.49. The quantitative estimate of drug-likeness (QED) is 0.576. The third-order valence-electron chi connectivity index (χ3n) is 2.09. The third kappa shape index (κ3) is 3.08. The van der Waals surface area contributed by atoms with Crippen molar-refractivity contribution >= 4 is 9.84 Å². The largest absolute Gasteiger partial charge is 0.498 e. The second-order valence-corrected chi connectivity index (χ2v) is 5.25. The van der Waals surface area contributed by atoms with E-state index in [0.717, 1.165) is 5.41 Å². The molecule has 1 unspecified atom stereocenters. The highest BCUT2D eigenvalue weighted by molar-refractivity contribution is 7.94. The van der Waals surface area contributed by atoms with E-state index in [0.29, 0.717) is 13.2 Å². The molecule has 0 spiro atoms. The Labute approximate surface area is 94.4 Å². The maximum atomic E-state index is 11.7. The van der Waals surface area contributed by atoms with Gasteiger partial charge < -0.3 is 9.47 Å². The molecule has 1 fully saturated rings. The fourth-order valence-electron chi connectivity index (χ4n) is 1.13. The Balaban J connectivity index is 1.96. The van der Waals surface area contributed by atoms with E-state index in [1.165, 1.54) is 6.26 Å². The van der Waals surface area contributed by atoms with E-state index in [1.807, 2.05) is 0 Å². The van der Waals surface area contributed by atoms with Crippen molar-refractivity contribution in [1.29, 1.82) is 0 Å². The van der Waals surface area contributed by atoms with E-state index in [9.17, 15) is 8.42 Å². The summed E-state index contributed by atoms with van der Waals surface area (Å²) in [6.45, 7) is 1.10. The van der Waals surface area contributed by atoms with Crippen molar-refractivity contribution in [3.8, 4) is 0 Å². The van der Waals surface area contributed by atoms with Gasteiger partial charge in [0.05, 0.1) is 23.2 Å². The van der Waals surface area contributed by atoms with Crippen LogP contribution in [0.5, 0.6) is 0 Å². The molecule has 0 N–H and O–H groups in total. The number of epoxide rings is 1. The average molecular weight is 240 g/mol. The molecule has 1 atom stereocenters. The van der Waals surface area contributed by atoms with Crippen molar-refractivity contribution in [2.75, 3.05) is 13.2 Å². The molecule has 2 rings (SSSR count). The Bertz CT molecular complexity index is 460. The van der Waals surface area contributed by atoms with Gasteiger partial charge in [0.1, 0.15) is 12.7 Å². The number of sulfone groups is 1. The molecule has 1 aliphatic heterocycles. The molecule has 0 bridgehead atoms. The Hall–Kier alpha value is -1.33. The summed E-state index contributed by atoms with van der Waals surface area (Å²) in [5, 5.41) is 1.06. The van der Waals surface area contributed by atoms with Crippen LogP contribution in [-0.2, 0) is 19.3 Å². The minimum Gasteiger partial charge on any atom is -0.498 e. The summed E-state index contributed by atoms with van der Waals surface area (Å²) in [5.74, 6) is 0. The monoisotopic (exact) mass is 240 g/mol. The summed E-state index contributed by atoms with van der Waals surface area (Å²) in [6.07, 6.45) is 1.33. The summed E-state index contributed by atoms with van der Waals surface area (Å²) in [5.41, 5.74) is 0. The maximum absolute atomic E-state index is 11.7. The Kier molecular flexibility index (Phi) is 3.26.